The van der Waals surface area contributed by atoms with Gasteiger partial charge in [0.1, 0.15) is 11.4 Å². The van der Waals surface area contributed by atoms with E-state index in [9.17, 15) is 22.8 Å². The van der Waals surface area contributed by atoms with Crippen molar-refractivity contribution in [2.45, 2.75) is 39.5 Å². The average molecular weight is 552 g/mol. The van der Waals surface area contributed by atoms with Crippen molar-refractivity contribution in [2.75, 3.05) is 36.4 Å². The predicted molar refractivity (Wildman–Crippen MR) is 141 cm³/mol. The molecule has 39 heavy (non-hydrogen) atoms. The van der Waals surface area contributed by atoms with Gasteiger partial charge in [0, 0.05) is 50.2 Å². The Morgan fingerprint density at radius 2 is 1.44 bits per heavy atom. The van der Waals surface area contributed by atoms with Gasteiger partial charge in [-0.1, -0.05) is 18.7 Å². The van der Waals surface area contributed by atoms with Gasteiger partial charge >= 0.3 is 24.2 Å². The highest BCUT2D eigenvalue weighted by Crippen LogP contribution is 2.24. The molecule has 2 aromatic rings. The van der Waals surface area contributed by atoms with Crippen LogP contribution in [-0.4, -0.2) is 66.0 Å². The molecule has 2 N–H and O–H groups in total. The fraction of sp³-hybridized carbons (Fsp3) is 0.370. The second kappa shape index (κ2) is 13.0. The summed E-state index contributed by atoms with van der Waals surface area (Å²) >= 11 is 0. The zero-order chi connectivity index (χ0) is 29.4. The van der Waals surface area contributed by atoms with Crippen LogP contribution in [0.1, 0.15) is 33.3 Å². The molecule has 0 bridgehead atoms. The Kier molecular flexibility index (Phi) is 10.4. The number of halogens is 3. The summed E-state index contributed by atoms with van der Waals surface area (Å²) in [4.78, 5) is 36.2. The van der Waals surface area contributed by atoms with Gasteiger partial charge in [-0.2, -0.15) is 13.2 Å². The molecule has 1 saturated heterocycles. The molecule has 0 atom stereocenters. The molecule has 12 heteroatoms. The van der Waals surface area contributed by atoms with Gasteiger partial charge in [-0.15, -0.1) is 0 Å². The number of nitrogens with zero attached hydrogens (tertiary/aromatic N) is 2. The second-order valence-electron chi connectivity index (χ2n) is 9.53. The van der Waals surface area contributed by atoms with E-state index in [-0.39, 0.29) is 12.1 Å². The number of anilines is 2. The molecular weight excluding hydrogens is 519 g/mol. The number of carboxylic acid groups (broad SMARTS) is 1. The van der Waals surface area contributed by atoms with Crippen molar-refractivity contribution in [2.24, 2.45) is 0 Å². The summed E-state index contributed by atoms with van der Waals surface area (Å²) in [6, 6.07) is 15.3. The molecule has 0 aromatic heterocycles. The number of alkyl halides is 3. The van der Waals surface area contributed by atoms with Crippen LogP contribution < -0.4 is 15.0 Å². The van der Waals surface area contributed by atoms with E-state index in [0.717, 1.165) is 35.7 Å². The Bertz CT molecular complexity index is 1150. The normalized spacial score (nSPS) is 13.5. The summed E-state index contributed by atoms with van der Waals surface area (Å²) in [6.07, 6.45) is -5.34. The van der Waals surface area contributed by atoms with Crippen LogP contribution in [0.15, 0.2) is 55.1 Å². The maximum atomic E-state index is 12.2. The van der Waals surface area contributed by atoms with Gasteiger partial charge < -0.3 is 29.7 Å². The first-order valence-electron chi connectivity index (χ1n) is 11.9. The zero-order valence-corrected chi connectivity index (χ0v) is 22.2. The molecule has 2 aromatic carbocycles. The lowest BCUT2D eigenvalue weighted by molar-refractivity contribution is -0.192. The summed E-state index contributed by atoms with van der Waals surface area (Å²) < 4.78 is 42.2. The van der Waals surface area contributed by atoms with Crippen LogP contribution in [0.5, 0.6) is 5.75 Å². The third-order valence-corrected chi connectivity index (χ3v) is 5.17. The van der Waals surface area contributed by atoms with Crippen LogP contribution >= 0.6 is 0 Å². The molecule has 1 amide bonds. The standard InChI is InChI=1S/C25H31N3O4.C2HF3O2/c1-18(26-21-8-12-23(13-9-21)31-19(2)29)20-6-10-22(11-7-20)27-14-16-28(17-15-27)24(30)32-25(3,4)5;3-2(4,5)1(6)7/h6-13,26H,1,14-17H2,2-5H3;(H,6,7). The van der Waals surface area contributed by atoms with Crippen LogP contribution in [0.25, 0.3) is 5.70 Å². The number of piperazine rings is 1. The van der Waals surface area contributed by atoms with Crippen molar-refractivity contribution in [3.8, 4) is 5.75 Å². The molecule has 1 heterocycles. The van der Waals surface area contributed by atoms with E-state index >= 15 is 0 Å². The highest BCUT2D eigenvalue weighted by atomic mass is 19.4. The quantitative estimate of drug-likeness (QED) is 0.377. The Morgan fingerprint density at radius 3 is 1.87 bits per heavy atom. The van der Waals surface area contributed by atoms with E-state index in [1.54, 1.807) is 17.0 Å². The van der Waals surface area contributed by atoms with Gasteiger partial charge in [0.2, 0.25) is 0 Å². The third kappa shape index (κ3) is 10.6. The number of nitrogens with one attached hydrogen (secondary N) is 1. The van der Waals surface area contributed by atoms with Gasteiger partial charge in [-0.3, -0.25) is 4.79 Å². The van der Waals surface area contributed by atoms with Crippen molar-refractivity contribution in [3.05, 3.63) is 60.7 Å². The molecular formula is C27H32F3N3O6. The SMILES string of the molecule is C=C(Nc1ccc(OC(C)=O)cc1)c1ccc(N2CCN(C(=O)OC(C)(C)C)CC2)cc1.O=C(O)C(F)(F)F. The summed E-state index contributed by atoms with van der Waals surface area (Å²) in [5.74, 6) is -2.60. The topological polar surface area (TPSA) is 108 Å². The molecule has 1 aliphatic heterocycles. The van der Waals surface area contributed by atoms with E-state index in [1.807, 2.05) is 45.0 Å². The van der Waals surface area contributed by atoms with Crippen molar-refractivity contribution < 1.29 is 42.1 Å². The Hall–Kier alpha value is -4.22. The van der Waals surface area contributed by atoms with Gasteiger partial charge in [0.05, 0.1) is 0 Å². The molecule has 212 valence electrons. The lowest BCUT2D eigenvalue weighted by Crippen LogP contribution is -2.50. The Balaban J connectivity index is 0.000000673. The van der Waals surface area contributed by atoms with Crippen LogP contribution in [0.4, 0.5) is 29.3 Å². The number of hydrogen-bond donors (Lipinski definition) is 2. The number of carbonyl (C=O) groups excluding carboxylic acids is 2. The monoisotopic (exact) mass is 551 g/mol. The van der Waals surface area contributed by atoms with Crippen molar-refractivity contribution in [3.63, 3.8) is 0 Å². The summed E-state index contributed by atoms with van der Waals surface area (Å²) in [7, 11) is 0. The molecule has 0 saturated carbocycles. The summed E-state index contributed by atoms with van der Waals surface area (Å²) in [5, 5.41) is 10.4. The predicted octanol–water partition coefficient (Wildman–Crippen LogP) is 5.39. The fourth-order valence-corrected chi connectivity index (χ4v) is 3.37. The molecule has 0 spiro atoms. The molecule has 3 rings (SSSR count). The van der Waals surface area contributed by atoms with Crippen molar-refractivity contribution >= 4 is 35.1 Å². The van der Waals surface area contributed by atoms with Crippen LogP contribution in [0, 0.1) is 0 Å². The van der Waals surface area contributed by atoms with E-state index in [0.29, 0.717) is 18.8 Å². The number of benzene rings is 2. The number of aliphatic carboxylic acids is 1. The Labute approximate surface area is 224 Å². The summed E-state index contributed by atoms with van der Waals surface area (Å²) in [5.41, 5.74) is 3.23. The van der Waals surface area contributed by atoms with Gasteiger partial charge in [-0.25, -0.2) is 9.59 Å². The second-order valence-corrected chi connectivity index (χ2v) is 9.53. The van der Waals surface area contributed by atoms with Crippen molar-refractivity contribution in [1.29, 1.82) is 0 Å². The minimum atomic E-state index is -5.08. The summed E-state index contributed by atoms with van der Waals surface area (Å²) in [6.45, 7) is 13.9. The van der Waals surface area contributed by atoms with Crippen LogP contribution in [-0.2, 0) is 14.3 Å². The maximum absolute atomic E-state index is 12.2. The van der Waals surface area contributed by atoms with Crippen LogP contribution in [0.3, 0.4) is 0 Å². The number of carboxylic acids is 1. The maximum Gasteiger partial charge on any atom is 0.490 e. The van der Waals surface area contributed by atoms with Gasteiger partial charge in [0.15, 0.2) is 0 Å². The first-order valence-corrected chi connectivity index (χ1v) is 11.9. The highest BCUT2D eigenvalue weighted by molar-refractivity contribution is 5.77. The molecule has 0 unspecified atom stereocenters. The molecule has 0 radical (unpaired) electrons. The number of amides is 1. The average Bonchev–Trinajstić information content (AvgIpc) is 2.84. The first-order chi connectivity index (χ1) is 18.0. The van der Waals surface area contributed by atoms with Crippen molar-refractivity contribution in [1.82, 2.24) is 4.90 Å². The first kappa shape index (κ1) is 31.0. The lowest BCUT2D eigenvalue weighted by Gasteiger charge is -2.36. The minimum Gasteiger partial charge on any atom is -0.475 e. The third-order valence-electron chi connectivity index (χ3n) is 5.17. The number of ether oxygens (including phenoxy) is 2. The van der Waals surface area contributed by atoms with Crippen LogP contribution in [0.2, 0.25) is 0 Å². The number of carbonyl (C=O) groups is 3. The largest absolute Gasteiger partial charge is 0.490 e. The minimum absolute atomic E-state index is 0.254. The van der Waals surface area contributed by atoms with E-state index < -0.39 is 17.7 Å². The molecule has 1 fully saturated rings. The smallest absolute Gasteiger partial charge is 0.475 e. The molecule has 9 nitrogen and oxygen atoms in total. The van der Waals surface area contributed by atoms with Gasteiger partial charge in [0.25, 0.3) is 0 Å². The van der Waals surface area contributed by atoms with E-state index in [2.05, 4.69) is 28.9 Å². The highest BCUT2D eigenvalue weighted by Gasteiger charge is 2.38. The number of hydrogen-bond acceptors (Lipinski definition) is 7. The van der Waals surface area contributed by atoms with E-state index in [1.165, 1.54) is 6.92 Å². The number of esters is 1. The fourth-order valence-electron chi connectivity index (χ4n) is 3.37. The van der Waals surface area contributed by atoms with E-state index in [4.69, 9.17) is 19.4 Å². The molecule has 0 aliphatic carbocycles. The van der Waals surface area contributed by atoms with Gasteiger partial charge in [-0.05, 0) is 62.7 Å². The molecule has 1 aliphatic rings. The Morgan fingerprint density at radius 1 is 0.923 bits per heavy atom. The lowest BCUT2D eigenvalue weighted by atomic mass is 10.1. The number of rotatable bonds is 5. The zero-order valence-electron chi connectivity index (χ0n) is 22.2.